The summed E-state index contributed by atoms with van der Waals surface area (Å²) >= 11 is 0. The smallest absolute Gasteiger partial charge is 0.302 e. The van der Waals surface area contributed by atoms with Gasteiger partial charge in [-0.25, -0.2) is 0 Å². The molecule has 0 spiro atoms. The van der Waals surface area contributed by atoms with Gasteiger partial charge in [-0.3, -0.25) is 40.6 Å². The second-order valence-corrected chi connectivity index (χ2v) is 13.3. The minimum Gasteiger partial charge on any atom is -0.462 e. The van der Waals surface area contributed by atoms with Crippen LogP contribution in [-0.2, 0) is 9.53 Å². The Kier molecular flexibility index (Phi) is 8.03. The van der Waals surface area contributed by atoms with E-state index in [1.165, 1.54) is 24.6 Å². The molecule has 13 heteroatoms. The summed E-state index contributed by atoms with van der Waals surface area (Å²) in [5.74, 6) is 0.372. The molecule has 3 fully saturated rings. The summed E-state index contributed by atoms with van der Waals surface area (Å²) in [6, 6.07) is 3.33. The normalized spacial score (nSPS) is 35.1. The molecular weight excluding hydrogens is 558 g/mol. The van der Waals surface area contributed by atoms with Gasteiger partial charge in [0.05, 0.1) is 15.9 Å². The molecule has 4 aliphatic carbocycles. The minimum atomic E-state index is -0.699. The Hall–Kier alpha value is -3.90. The van der Waals surface area contributed by atoms with Crippen LogP contribution in [0.3, 0.4) is 0 Å². The molecule has 0 amide bonds. The third-order valence-corrected chi connectivity index (χ3v) is 11.1. The summed E-state index contributed by atoms with van der Waals surface area (Å²) in [5.41, 5.74) is 3.69. The van der Waals surface area contributed by atoms with E-state index in [0.29, 0.717) is 24.0 Å². The first kappa shape index (κ1) is 30.6. The third kappa shape index (κ3) is 5.49. The van der Waals surface area contributed by atoms with Gasteiger partial charge < -0.3 is 4.74 Å². The van der Waals surface area contributed by atoms with Gasteiger partial charge in [0.2, 0.25) is 6.54 Å². The lowest BCUT2D eigenvalue weighted by molar-refractivity contribution is -0.489. The highest BCUT2D eigenvalue weighted by molar-refractivity contribution is 5.87. The monoisotopic (exact) mass is 597 g/mol. The summed E-state index contributed by atoms with van der Waals surface area (Å²) in [7, 11) is 0. The fourth-order valence-electron chi connectivity index (χ4n) is 9.43. The summed E-state index contributed by atoms with van der Waals surface area (Å²) in [5, 5.41) is 39.1. The Bertz CT molecular complexity index is 1410. The number of nitrogens with one attached hydrogen (secondary N) is 1. The van der Waals surface area contributed by atoms with E-state index < -0.39 is 21.2 Å². The van der Waals surface area contributed by atoms with Gasteiger partial charge in [-0.2, -0.15) is 5.10 Å². The van der Waals surface area contributed by atoms with Crippen molar-refractivity contribution in [1.82, 2.24) is 0 Å². The Morgan fingerprint density at radius 2 is 1.81 bits per heavy atom. The van der Waals surface area contributed by atoms with Crippen LogP contribution in [-0.4, -0.2) is 39.1 Å². The van der Waals surface area contributed by atoms with Crippen molar-refractivity contribution < 1.29 is 24.3 Å². The number of hydrazone groups is 1. The van der Waals surface area contributed by atoms with Gasteiger partial charge in [-0.1, -0.05) is 25.5 Å². The lowest BCUT2D eigenvalue weighted by atomic mass is 9.47. The first-order chi connectivity index (χ1) is 20.2. The van der Waals surface area contributed by atoms with Gasteiger partial charge in [-0.05, 0) is 80.1 Å². The van der Waals surface area contributed by atoms with Crippen LogP contribution in [0.15, 0.2) is 34.9 Å². The zero-order chi connectivity index (χ0) is 31.3. The number of carbonyl (C=O) groups is 1. The van der Waals surface area contributed by atoms with E-state index in [-0.39, 0.29) is 57.8 Å². The van der Waals surface area contributed by atoms with Crippen LogP contribution in [0.5, 0.6) is 0 Å². The van der Waals surface area contributed by atoms with Crippen molar-refractivity contribution in [2.45, 2.75) is 78.7 Å². The number of non-ortho nitro benzene ring substituents is 1. The van der Waals surface area contributed by atoms with Gasteiger partial charge in [0, 0.05) is 41.9 Å². The van der Waals surface area contributed by atoms with Crippen LogP contribution < -0.4 is 5.43 Å². The first-order valence-electron chi connectivity index (χ1n) is 15.0. The van der Waals surface area contributed by atoms with Crippen LogP contribution in [0.2, 0.25) is 0 Å². The average Bonchev–Trinajstić information content (AvgIpc) is 3.22. The van der Waals surface area contributed by atoms with Gasteiger partial charge in [0.25, 0.3) is 5.69 Å². The summed E-state index contributed by atoms with van der Waals surface area (Å²) in [4.78, 5) is 44.5. The highest BCUT2D eigenvalue weighted by atomic mass is 16.6. The third-order valence-electron chi connectivity index (χ3n) is 11.1. The molecule has 1 aromatic carbocycles. The molecule has 4 aliphatic rings. The Labute approximate surface area is 249 Å². The maximum atomic E-state index is 11.8. The Balaban J connectivity index is 1.43. The number of hydrogen-bond donors (Lipinski definition) is 1. The highest BCUT2D eigenvalue weighted by Gasteiger charge is 2.62. The van der Waals surface area contributed by atoms with Crippen LogP contribution in [0.4, 0.5) is 17.1 Å². The molecule has 0 unspecified atom stereocenters. The molecule has 8 atom stereocenters. The maximum absolute atomic E-state index is 11.8. The average molecular weight is 598 g/mol. The summed E-state index contributed by atoms with van der Waals surface area (Å²) < 4.78 is 5.56. The molecule has 1 N–H and O–H groups in total. The van der Waals surface area contributed by atoms with E-state index in [4.69, 9.17) is 4.74 Å². The number of hydrogen-bond acceptors (Lipinski definition) is 10. The molecule has 0 aliphatic heterocycles. The Morgan fingerprint density at radius 1 is 1.07 bits per heavy atom. The second kappa shape index (κ2) is 11.3. The zero-order valence-electron chi connectivity index (χ0n) is 25.0. The Morgan fingerprint density at radius 3 is 2.47 bits per heavy atom. The van der Waals surface area contributed by atoms with Crippen LogP contribution >= 0.6 is 0 Å². The molecule has 5 rings (SSSR count). The zero-order valence-corrected chi connectivity index (χ0v) is 25.0. The molecule has 3 saturated carbocycles. The van der Waals surface area contributed by atoms with Crippen molar-refractivity contribution in [2.75, 3.05) is 12.0 Å². The number of nitrogens with zero attached hydrogens (tertiary/aromatic N) is 4. The molecule has 1 aromatic rings. The number of rotatable bonds is 8. The fraction of sp³-hybridized carbons (Fsp3) is 0.667. The van der Waals surface area contributed by atoms with E-state index in [1.807, 2.05) is 6.92 Å². The van der Waals surface area contributed by atoms with Crippen LogP contribution in [0.25, 0.3) is 0 Å². The molecule has 0 bridgehead atoms. The largest absolute Gasteiger partial charge is 0.462 e. The van der Waals surface area contributed by atoms with Gasteiger partial charge in [0.1, 0.15) is 11.8 Å². The van der Waals surface area contributed by atoms with Gasteiger partial charge >= 0.3 is 11.7 Å². The number of nitro benzene ring substituents is 2. The van der Waals surface area contributed by atoms with E-state index in [1.54, 1.807) is 0 Å². The molecule has 0 aromatic heterocycles. The van der Waals surface area contributed by atoms with Crippen molar-refractivity contribution in [3.8, 4) is 0 Å². The number of carbonyl (C=O) groups excluding carboxylic acids is 1. The number of allylic oxidation sites excluding steroid dienone is 1. The predicted molar refractivity (Wildman–Crippen MR) is 158 cm³/mol. The fourth-order valence-corrected chi connectivity index (χ4v) is 9.43. The number of nitro groups is 3. The van der Waals surface area contributed by atoms with E-state index in [2.05, 4.69) is 30.5 Å². The number of benzene rings is 1. The summed E-state index contributed by atoms with van der Waals surface area (Å²) in [6.45, 7) is 7.66. The lowest BCUT2D eigenvalue weighted by Gasteiger charge is -2.58. The number of esters is 1. The van der Waals surface area contributed by atoms with Crippen LogP contribution in [0, 0.1) is 70.8 Å². The van der Waals surface area contributed by atoms with E-state index >= 15 is 0 Å². The van der Waals surface area contributed by atoms with Gasteiger partial charge in [0.15, 0.2) is 0 Å². The van der Waals surface area contributed by atoms with Crippen molar-refractivity contribution in [2.24, 2.45) is 45.5 Å². The topological polar surface area (TPSA) is 180 Å². The number of fused-ring (bicyclic) bond motifs is 5. The maximum Gasteiger partial charge on any atom is 0.302 e. The van der Waals surface area contributed by atoms with Crippen LogP contribution in [0.1, 0.15) is 72.6 Å². The molecule has 0 saturated heterocycles. The SMILES string of the molecule is CC(=O)O[C@H]1CC[C@@]2(C)C(=CC[C@@H]3[C@@H]4C[C@@H](C[N+](=O)[O-])[C@H](/C(C)=N/Nc5ccc([N+](=O)[O-])cc5[N+](=O)[O-])[C@@]4(C)CC[C@@H]32)C1. The van der Waals surface area contributed by atoms with Crippen molar-refractivity contribution in [3.05, 3.63) is 60.2 Å². The lowest BCUT2D eigenvalue weighted by Crippen LogP contribution is -2.51. The number of ether oxygens (including phenoxy) is 1. The van der Waals surface area contributed by atoms with E-state index in [0.717, 1.165) is 44.6 Å². The van der Waals surface area contributed by atoms with Gasteiger partial charge in [-0.15, -0.1) is 0 Å². The molecule has 43 heavy (non-hydrogen) atoms. The molecule has 232 valence electrons. The van der Waals surface area contributed by atoms with Crippen molar-refractivity contribution >= 4 is 28.7 Å². The minimum absolute atomic E-state index is 0.0110. The quantitative estimate of drug-likeness (QED) is 0.118. The second-order valence-electron chi connectivity index (χ2n) is 13.3. The molecular formula is C30H39N5O8. The molecule has 0 radical (unpaired) electrons. The molecule has 13 nitrogen and oxygen atoms in total. The van der Waals surface area contributed by atoms with Crippen molar-refractivity contribution in [1.29, 1.82) is 0 Å². The summed E-state index contributed by atoms with van der Waals surface area (Å²) in [6.07, 6.45) is 8.28. The van der Waals surface area contributed by atoms with E-state index in [9.17, 15) is 35.1 Å². The highest BCUT2D eigenvalue weighted by Crippen LogP contribution is 2.67. The standard InChI is InChI=1S/C30H39N5O8/c1-17(31-32-26-8-6-21(34(39)40)15-27(26)35(41)42)28-19(16-33(37)38)13-25-23-7-5-20-14-22(43-18(2)36)9-11-29(20,3)24(23)10-12-30(25,28)4/h5-6,8,15,19,22-25,28,32H,7,9-14,16H2,1-4H3/b31-17+/t19-,22-,23-,24-,25-,28-,29-,30-/m0/s1. The predicted octanol–water partition coefficient (Wildman–Crippen LogP) is 6.30. The first-order valence-corrected chi connectivity index (χ1v) is 15.0. The number of anilines is 1. The van der Waals surface area contributed by atoms with Crippen molar-refractivity contribution in [3.63, 3.8) is 0 Å². The molecule has 0 heterocycles.